The lowest BCUT2D eigenvalue weighted by Gasteiger charge is -2.25. The van der Waals surface area contributed by atoms with Crippen molar-refractivity contribution in [1.82, 2.24) is 0 Å². The first-order valence-corrected chi connectivity index (χ1v) is 6.95. The van der Waals surface area contributed by atoms with Crippen molar-refractivity contribution in [3.8, 4) is 0 Å². The molecule has 0 fully saturated rings. The molecule has 1 unspecified atom stereocenters. The van der Waals surface area contributed by atoms with Gasteiger partial charge in [-0.25, -0.2) is 0 Å². The summed E-state index contributed by atoms with van der Waals surface area (Å²) in [6.07, 6.45) is 4.63. The molecule has 0 saturated heterocycles. The number of para-hydroxylation sites is 1. The van der Waals surface area contributed by atoms with E-state index >= 15 is 0 Å². The number of hydrogen-bond acceptors (Lipinski definition) is 3. The molecule has 0 aromatic heterocycles. The van der Waals surface area contributed by atoms with Crippen LogP contribution in [0, 0.1) is 0 Å². The number of aliphatic hydroxyl groups is 2. The van der Waals surface area contributed by atoms with Gasteiger partial charge in [0.25, 0.3) is 0 Å². The molecule has 0 aliphatic carbocycles. The van der Waals surface area contributed by atoms with E-state index in [1.54, 1.807) is 0 Å². The largest absolute Gasteiger partial charge is 0.396 e. The Morgan fingerprint density at radius 3 is 2.83 bits per heavy atom. The van der Waals surface area contributed by atoms with E-state index in [2.05, 4.69) is 11.0 Å². The van der Waals surface area contributed by atoms with Gasteiger partial charge in [-0.2, -0.15) is 0 Å². The molecule has 1 aromatic rings. The molecule has 0 radical (unpaired) electrons. The van der Waals surface area contributed by atoms with E-state index in [0.717, 1.165) is 50.8 Å². The van der Waals surface area contributed by atoms with Gasteiger partial charge in [0.15, 0.2) is 0 Å². The molecule has 1 aromatic carbocycles. The first kappa shape index (κ1) is 13.4. The molecular weight excluding hydrogens is 226 g/mol. The molecule has 2 N–H and O–H groups in total. The van der Waals surface area contributed by atoms with Crippen LogP contribution in [-0.4, -0.2) is 29.9 Å². The highest BCUT2D eigenvalue weighted by atomic mass is 16.3. The molecule has 0 saturated carbocycles. The van der Waals surface area contributed by atoms with E-state index in [1.165, 1.54) is 5.69 Å². The third kappa shape index (κ3) is 3.24. The van der Waals surface area contributed by atoms with Gasteiger partial charge in [0.05, 0.1) is 6.10 Å². The van der Waals surface area contributed by atoms with Crippen molar-refractivity contribution in [2.75, 3.05) is 24.6 Å². The Labute approximate surface area is 109 Å². The van der Waals surface area contributed by atoms with Crippen molar-refractivity contribution >= 4 is 5.69 Å². The highest BCUT2D eigenvalue weighted by Crippen LogP contribution is 2.32. The van der Waals surface area contributed by atoms with Crippen molar-refractivity contribution in [1.29, 1.82) is 0 Å². The van der Waals surface area contributed by atoms with E-state index in [0.29, 0.717) is 0 Å². The van der Waals surface area contributed by atoms with E-state index in [4.69, 9.17) is 5.11 Å². The van der Waals surface area contributed by atoms with Crippen LogP contribution < -0.4 is 4.90 Å². The summed E-state index contributed by atoms with van der Waals surface area (Å²) in [5, 5.41) is 18.9. The predicted molar refractivity (Wildman–Crippen MR) is 73.8 cm³/mol. The summed E-state index contributed by atoms with van der Waals surface area (Å²) >= 11 is 0. The van der Waals surface area contributed by atoms with Gasteiger partial charge in [-0.3, -0.25) is 0 Å². The highest BCUT2D eigenvalue weighted by Gasteiger charge is 2.20. The van der Waals surface area contributed by atoms with E-state index in [-0.39, 0.29) is 12.7 Å². The first-order chi connectivity index (χ1) is 8.83. The fourth-order valence-corrected chi connectivity index (χ4v) is 2.63. The van der Waals surface area contributed by atoms with Crippen LogP contribution in [0.3, 0.4) is 0 Å². The maximum absolute atomic E-state index is 10.1. The number of aliphatic hydroxyl groups excluding tert-OH is 2. The molecule has 1 aliphatic rings. The van der Waals surface area contributed by atoms with Crippen LogP contribution in [0.2, 0.25) is 0 Å². The van der Waals surface area contributed by atoms with Gasteiger partial charge in [0.2, 0.25) is 0 Å². The minimum absolute atomic E-state index is 0.287. The number of benzene rings is 1. The minimum Gasteiger partial charge on any atom is -0.396 e. The molecule has 1 aliphatic heterocycles. The molecule has 2 rings (SSSR count). The van der Waals surface area contributed by atoms with Crippen molar-refractivity contribution in [2.45, 2.75) is 38.2 Å². The first-order valence-electron chi connectivity index (χ1n) is 6.95. The molecule has 18 heavy (non-hydrogen) atoms. The summed E-state index contributed by atoms with van der Waals surface area (Å²) in [7, 11) is 0. The van der Waals surface area contributed by atoms with Gasteiger partial charge in [0.1, 0.15) is 0 Å². The van der Waals surface area contributed by atoms with Crippen LogP contribution in [0.1, 0.15) is 43.8 Å². The standard InChI is InChI=1S/C15H23NO2/c17-12-5-1-4-10-16-11-6-9-15(18)13-7-2-3-8-14(13)16/h2-3,7-8,15,17-18H,1,4-6,9-12H2. The highest BCUT2D eigenvalue weighted by molar-refractivity contribution is 5.55. The van der Waals surface area contributed by atoms with Gasteiger partial charge in [-0.05, 0) is 38.2 Å². The van der Waals surface area contributed by atoms with Gasteiger partial charge in [0, 0.05) is 30.9 Å². The van der Waals surface area contributed by atoms with Gasteiger partial charge >= 0.3 is 0 Å². The average Bonchev–Trinajstić information content (AvgIpc) is 2.56. The zero-order valence-electron chi connectivity index (χ0n) is 10.9. The molecule has 0 amide bonds. The maximum Gasteiger partial charge on any atom is 0.0810 e. The Morgan fingerprint density at radius 1 is 1.17 bits per heavy atom. The Balaban J connectivity index is 2.04. The summed E-state index contributed by atoms with van der Waals surface area (Å²) in [4.78, 5) is 2.38. The molecule has 3 heteroatoms. The summed E-state index contributed by atoms with van der Waals surface area (Å²) in [6.45, 7) is 2.33. The smallest absolute Gasteiger partial charge is 0.0810 e. The second-order valence-electron chi connectivity index (χ2n) is 4.99. The quantitative estimate of drug-likeness (QED) is 0.788. The number of hydrogen-bond donors (Lipinski definition) is 2. The minimum atomic E-state index is -0.316. The van der Waals surface area contributed by atoms with Crippen LogP contribution in [0.15, 0.2) is 24.3 Å². The fourth-order valence-electron chi connectivity index (χ4n) is 2.63. The average molecular weight is 249 g/mol. The molecule has 0 bridgehead atoms. The van der Waals surface area contributed by atoms with E-state index < -0.39 is 0 Å². The van der Waals surface area contributed by atoms with Crippen molar-refractivity contribution in [3.63, 3.8) is 0 Å². The second kappa shape index (κ2) is 6.76. The lowest BCUT2D eigenvalue weighted by Crippen LogP contribution is -2.25. The Hall–Kier alpha value is -1.06. The lowest BCUT2D eigenvalue weighted by molar-refractivity contribution is 0.168. The lowest BCUT2D eigenvalue weighted by atomic mass is 10.0. The third-order valence-electron chi connectivity index (χ3n) is 3.63. The zero-order valence-corrected chi connectivity index (χ0v) is 10.9. The predicted octanol–water partition coefficient (Wildman–Crippen LogP) is 2.48. The van der Waals surface area contributed by atoms with Gasteiger partial charge < -0.3 is 15.1 Å². The van der Waals surface area contributed by atoms with Crippen molar-refractivity contribution in [2.24, 2.45) is 0 Å². The van der Waals surface area contributed by atoms with E-state index in [9.17, 15) is 5.11 Å². The van der Waals surface area contributed by atoms with Crippen LogP contribution in [0.4, 0.5) is 5.69 Å². The monoisotopic (exact) mass is 249 g/mol. The van der Waals surface area contributed by atoms with Crippen molar-refractivity contribution < 1.29 is 10.2 Å². The van der Waals surface area contributed by atoms with E-state index in [1.807, 2.05) is 18.2 Å². The zero-order chi connectivity index (χ0) is 12.8. The SMILES string of the molecule is OCCCCCN1CCCC(O)c2ccccc21. The maximum atomic E-state index is 10.1. The Bertz CT molecular complexity index is 367. The molecule has 0 spiro atoms. The number of anilines is 1. The number of unbranched alkanes of at least 4 members (excludes halogenated alkanes) is 2. The van der Waals surface area contributed by atoms with Crippen LogP contribution >= 0.6 is 0 Å². The van der Waals surface area contributed by atoms with Gasteiger partial charge in [-0.1, -0.05) is 18.2 Å². The van der Waals surface area contributed by atoms with Crippen molar-refractivity contribution in [3.05, 3.63) is 29.8 Å². The van der Waals surface area contributed by atoms with Crippen LogP contribution in [0.25, 0.3) is 0 Å². The molecular formula is C15H23NO2. The summed E-state index contributed by atoms with van der Waals surface area (Å²) in [6, 6.07) is 8.18. The summed E-state index contributed by atoms with van der Waals surface area (Å²) in [5.41, 5.74) is 2.25. The second-order valence-corrected chi connectivity index (χ2v) is 4.99. The summed E-state index contributed by atoms with van der Waals surface area (Å²) in [5.74, 6) is 0. The third-order valence-corrected chi connectivity index (χ3v) is 3.63. The number of nitrogens with zero attached hydrogens (tertiary/aromatic N) is 1. The topological polar surface area (TPSA) is 43.7 Å². The molecule has 1 heterocycles. The van der Waals surface area contributed by atoms with Crippen LogP contribution in [-0.2, 0) is 0 Å². The number of rotatable bonds is 5. The fraction of sp³-hybridized carbons (Fsp3) is 0.600. The van der Waals surface area contributed by atoms with Gasteiger partial charge in [-0.15, -0.1) is 0 Å². The Morgan fingerprint density at radius 2 is 2.00 bits per heavy atom. The molecule has 3 nitrogen and oxygen atoms in total. The number of fused-ring (bicyclic) bond motifs is 1. The molecule has 1 atom stereocenters. The normalized spacial score (nSPS) is 19.4. The van der Waals surface area contributed by atoms with Crippen LogP contribution in [0.5, 0.6) is 0 Å². The Kier molecular flexibility index (Phi) is 5.02. The summed E-state index contributed by atoms with van der Waals surface area (Å²) < 4.78 is 0. The molecule has 100 valence electrons.